The maximum absolute atomic E-state index is 11.1. The summed E-state index contributed by atoms with van der Waals surface area (Å²) < 4.78 is 5.06. The zero-order valence-electron chi connectivity index (χ0n) is 10.3. The highest BCUT2D eigenvalue weighted by Crippen LogP contribution is 2.31. The molecule has 0 radical (unpaired) electrons. The summed E-state index contributed by atoms with van der Waals surface area (Å²) in [4.78, 5) is 11.1. The lowest BCUT2D eigenvalue weighted by atomic mass is 9.98. The van der Waals surface area contributed by atoms with Crippen LogP contribution in [-0.4, -0.2) is 13.1 Å². The number of ether oxygens (including phenoxy) is 1. The Hall–Kier alpha value is -2.15. The molecule has 1 amide bonds. The van der Waals surface area contributed by atoms with Crippen LogP contribution in [-0.2, 0) is 6.42 Å². The highest BCUT2D eigenvalue weighted by molar-refractivity contribution is 5.74. The fraction of sp³-hybridized carbons (Fsp3) is 0.308. The van der Waals surface area contributed by atoms with Gasteiger partial charge in [0.25, 0.3) is 0 Å². The Morgan fingerprint density at radius 3 is 2.76 bits per heavy atom. The van der Waals surface area contributed by atoms with Gasteiger partial charge in [-0.15, -0.1) is 12.3 Å². The maximum Gasteiger partial charge on any atom is 0.412 e. The van der Waals surface area contributed by atoms with Gasteiger partial charge in [-0.05, 0) is 36.6 Å². The van der Waals surface area contributed by atoms with Crippen molar-refractivity contribution in [1.29, 1.82) is 0 Å². The van der Waals surface area contributed by atoms with Gasteiger partial charge in [0.1, 0.15) is 0 Å². The minimum atomic E-state index is -0.541. The number of hydrogen-bond acceptors (Lipinski definition) is 3. The summed E-state index contributed by atoms with van der Waals surface area (Å²) in [6.07, 6.45) is 5.28. The van der Waals surface area contributed by atoms with Gasteiger partial charge >= 0.3 is 6.09 Å². The summed E-state index contributed by atoms with van der Waals surface area (Å²) in [5.74, 6) is 2.95. The molecular formula is C13H16N2O2. The van der Waals surface area contributed by atoms with Crippen LogP contribution in [0.25, 0.3) is 0 Å². The molecule has 0 aliphatic rings. The molecule has 90 valence electrons. The third-order valence-corrected chi connectivity index (χ3v) is 2.63. The first-order valence-corrected chi connectivity index (χ1v) is 5.22. The van der Waals surface area contributed by atoms with E-state index >= 15 is 0 Å². The number of anilines is 1. The predicted octanol–water partition coefficient (Wildman–Crippen LogP) is 1.78. The van der Waals surface area contributed by atoms with Crippen LogP contribution >= 0.6 is 0 Å². The second kappa shape index (κ2) is 5.26. The largest absolute Gasteiger partial charge is 0.412 e. The molecule has 0 unspecified atom stereocenters. The molecule has 0 heterocycles. The lowest BCUT2D eigenvalue weighted by Gasteiger charge is -2.14. The van der Waals surface area contributed by atoms with E-state index in [4.69, 9.17) is 16.9 Å². The normalized spacial score (nSPS) is 9.53. The molecule has 4 heteroatoms. The van der Waals surface area contributed by atoms with Crippen molar-refractivity contribution in [1.82, 2.24) is 5.32 Å². The smallest absolute Gasteiger partial charge is 0.408 e. The van der Waals surface area contributed by atoms with Crippen molar-refractivity contribution in [2.24, 2.45) is 0 Å². The first-order valence-electron chi connectivity index (χ1n) is 5.22. The predicted molar refractivity (Wildman–Crippen MR) is 67.9 cm³/mol. The number of nitrogens with one attached hydrogen (secondary N) is 1. The van der Waals surface area contributed by atoms with Gasteiger partial charge in [-0.3, -0.25) is 0 Å². The van der Waals surface area contributed by atoms with Gasteiger partial charge in [-0.25, -0.2) is 4.79 Å². The van der Waals surface area contributed by atoms with E-state index in [2.05, 4.69) is 11.2 Å². The van der Waals surface area contributed by atoms with Crippen molar-refractivity contribution < 1.29 is 9.53 Å². The number of aryl methyl sites for hydroxylation is 1. The average molecular weight is 232 g/mol. The second-order valence-corrected chi connectivity index (χ2v) is 3.73. The molecule has 0 bridgehead atoms. The van der Waals surface area contributed by atoms with E-state index in [1.807, 2.05) is 13.8 Å². The fourth-order valence-electron chi connectivity index (χ4n) is 1.61. The van der Waals surface area contributed by atoms with Crippen LogP contribution in [0.15, 0.2) is 6.07 Å². The number of nitrogen functional groups attached to an aromatic ring is 1. The average Bonchev–Trinajstić information content (AvgIpc) is 2.31. The molecule has 0 aromatic heterocycles. The highest BCUT2D eigenvalue weighted by Gasteiger charge is 2.13. The van der Waals surface area contributed by atoms with Crippen molar-refractivity contribution in [3.05, 3.63) is 22.8 Å². The molecule has 1 aromatic carbocycles. The second-order valence-electron chi connectivity index (χ2n) is 3.73. The Morgan fingerprint density at radius 2 is 2.24 bits per heavy atom. The number of benzene rings is 1. The lowest BCUT2D eigenvalue weighted by Crippen LogP contribution is -2.22. The zero-order chi connectivity index (χ0) is 13.0. The highest BCUT2D eigenvalue weighted by atomic mass is 16.6. The number of rotatable bonds is 2. The number of amides is 1. The quantitative estimate of drug-likeness (QED) is 0.603. The molecule has 0 saturated heterocycles. The van der Waals surface area contributed by atoms with Crippen LogP contribution in [0.5, 0.6) is 5.75 Å². The van der Waals surface area contributed by atoms with Crippen molar-refractivity contribution in [2.75, 3.05) is 12.8 Å². The van der Waals surface area contributed by atoms with Gasteiger partial charge in [0.05, 0.1) is 5.69 Å². The SMILES string of the molecule is C#CCc1c(C)cc(OC(=O)NC)c(N)c1C. The van der Waals surface area contributed by atoms with Gasteiger partial charge in [-0.2, -0.15) is 0 Å². The monoisotopic (exact) mass is 232 g/mol. The molecule has 3 N–H and O–H groups in total. The van der Waals surface area contributed by atoms with E-state index in [9.17, 15) is 4.79 Å². The summed E-state index contributed by atoms with van der Waals surface area (Å²) >= 11 is 0. The van der Waals surface area contributed by atoms with Gasteiger partial charge in [0.15, 0.2) is 5.75 Å². The fourth-order valence-corrected chi connectivity index (χ4v) is 1.61. The van der Waals surface area contributed by atoms with Gasteiger partial charge in [-0.1, -0.05) is 0 Å². The summed E-state index contributed by atoms with van der Waals surface area (Å²) in [6.45, 7) is 3.78. The van der Waals surface area contributed by atoms with E-state index in [1.54, 1.807) is 6.07 Å². The van der Waals surface area contributed by atoms with E-state index in [1.165, 1.54) is 7.05 Å². The van der Waals surface area contributed by atoms with Crippen LogP contribution in [0.2, 0.25) is 0 Å². The molecule has 0 atom stereocenters. The standard InChI is InChI=1S/C13H16N2O2/c1-5-6-10-8(2)7-11(12(14)9(10)3)17-13(16)15-4/h1,7H,6,14H2,2-4H3,(H,15,16). The molecule has 4 nitrogen and oxygen atoms in total. The van der Waals surface area contributed by atoms with Crippen molar-refractivity contribution in [3.8, 4) is 18.1 Å². The third-order valence-electron chi connectivity index (χ3n) is 2.63. The molecule has 0 saturated carbocycles. The van der Waals surface area contributed by atoms with E-state index in [-0.39, 0.29) is 0 Å². The van der Waals surface area contributed by atoms with Crippen molar-refractivity contribution in [2.45, 2.75) is 20.3 Å². The number of carbonyl (C=O) groups is 1. The summed E-state index contributed by atoms with van der Waals surface area (Å²) in [6, 6.07) is 1.73. The molecule has 0 aliphatic carbocycles. The van der Waals surface area contributed by atoms with Gasteiger partial charge in [0, 0.05) is 13.5 Å². The Morgan fingerprint density at radius 1 is 1.59 bits per heavy atom. The minimum Gasteiger partial charge on any atom is -0.408 e. The molecule has 0 fully saturated rings. The van der Waals surface area contributed by atoms with E-state index in [0.29, 0.717) is 17.9 Å². The van der Waals surface area contributed by atoms with Crippen LogP contribution in [0.4, 0.5) is 10.5 Å². The Balaban J connectivity index is 3.20. The van der Waals surface area contributed by atoms with Crippen LogP contribution < -0.4 is 15.8 Å². The molecule has 0 aliphatic heterocycles. The Bertz CT molecular complexity index is 487. The van der Waals surface area contributed by atoms with Crippen molar-refractivity contribution in [3.63, 3.8) is 0 Å². The molecule has 0 spiro atoms. The summed E-state index contributed by atoms with van der Waals surface area (Å²) in [7, 11) is 1.49. The van der Waals surface area contributed by atoms with Crippen LogP contribution in [0.3, 0.4) is 0 Å². The lowest BCUT2D eigenvalue weighted by molar-refractivity contribution is 0.203. The number of terminal acetylenes is 1. The zero-order valence-corrected chi connectivity index (χ0v) is 10.3. The van der Waals surface area contributed by atoms with E-state index < -0.39 is 6.09 Å². The third kappa shape index (κ3) is 2.70. The van der Waals surface area contributed by atoms with Crippen LogP contribution in [0.1, 0.15) is 16.7 Å². The van der Waals surface area contributed by atoms with Gasteiger partial charge < -0.3 is 15.8 Å². The molecule has 1 aromatic rings. The molecular weight excluding hydrogens is 216 g/mol. The number of carbonyl (C=O) groups excluding carboxylic acids is 1. The minimum absolute atomic E-state index is 0.361. The van der Waals surface area contributed by atoms with Crippen molar-refractivity contribution >= 4 is 11.8 Å². The Labute approximate surface area is 101 Å². The Kier molecular flexibility index (Phi) is 4.00. The summed E-state index contributed by atoms with van der Waals surface area (Å²) in [5, 5.41) is 2.37. The topological polar surface area (TPSA) is 64.3 Å². The molecule has 17 heavy (non-hydrogen) atoms. The maximum atomic E-state index is 11.1. The van der Waals surface area contributed by atoms with Crippen LogP contribution in [0, 0.1) is 26.2 Å². The van der Waals surface area contributed by atoms with Gasteiger partial charge in [0.2, 0.25) is 0 Å². The first-order chi connectivity index (χ1) is 8.01. The first kappa shape index (κ1) is 12.9. The number of nitrogens with two attached hydrogens (primary N) is 1. The molecule has 1 rings (SSSR count). The summed E-state index contributed by atoms with van der Waals surface area (Å²) in [5.41, 5.74) is 9.20. The van der Waals surface area contributed by atoms with E-state index in [0.717, 1.165) is 16.7 Å². The number of hydrogen-bond donors (Lipinski definition) is 2.